The minimum Gasteiger partial charge on any atom is -0.378 e. The molecule has 9 heteroatoms. The van der Waals surface area contributed by atoms with E-state index in [4.69, 9.17) is 0 Å². The molecule has 21 heavy (non-hydrogen) atoms. The maximum Gasteiger partial charge on any atom is 0.277 e. The van der Waals surface area contributed by atoms with E-state index in [2.05, 4.69) is 4.84 Å². The number of hydrogen-bond donors (Lipinski definition) is 0. The van der Waals surface area contributed by atoms with Crippen molar-refractivity contribution >= 4 is 21.4 Å². The van der Waals surface area contributed by atoms with E-state index < -0.39 is 20.6 Å². The topological polar surface area (TPSA) is 32.8 Å². The molecule has 1 aromatic carbocycles. The van der Waals surface area contributed by atoms with Gasteiger partial charge in [0, 0.05) is 32.4 Å². The largest absolute Gasteiger partial charge is 0.378 e. The molecule has 1 aromatic rings. The molecule has 0 radical (unpaired) electrons. The molecule has 0 N–H and O–H groups in total. The van der Waals surface area contributed by atoms with Crippen molar-refractivity contribution in [2.45, 2.75) is 4.90 Å². The third-order valence-electron chi connectivity index (χ3n) is 2.81. The maximum atomic E-state index is 13.6. The number of nitrogens with zero attached hydrogens (tertiary/aromatic N) is 2. The first-order valence-corrected chi connectivity index (χ1v) is 8.25. The Morgan fingerprint density at radius 2 is 1.62 bits per heavy atom. The van der Waals surface area contributed by atoms with Gasteiger partial charge in [0.05, 0.1) is 18.3 Å². The predicted octanol–water partition coefficient (Wildman–Crippen LogP) is 3.79. The molecule has 0 saturated heterocycles. The summed E-state index contributed by atoms with van der Waals surface area (Å²) in [6, 6.07) is 2.43. The molecule has 0 aromatic heterocycles. The van der Waals surface area contributed by atoms with E-state index in [0.717, 1.165) is 5.06 Å². The van der Waals surface area contributed by atoms with Gasteiger partial charge in [0.1, 0.15) is 0 Å². The van der Waals surface area contributed by atoms with Crippen molar-refractivity contribution in [3.63, 3.8) is 0 Å². The van der Waals surface area contributed by atoms with E-state index in [1.165, 1.54) is 39.2 Å². The first kappa shape index (κ1) is 17.6. The Bertz CT molecular complexity index is 572. The van der Waals surface area contributed by atoms with Gasteiger partial charge in [-0.3, -0.25) is 9.63 Å². The smallest absolute Gasteiger partial charge is 0.277 e. The lowest BCUT2D eigenvalue weighted by Crippen LogP contribution is -2.26. The predicted molar refractivity (Wildman–Crippen MR) is 76.1 cm³/mol. The normalized spacial score (nSPS) is 15.1. The van der Waals surface area contributed by atoms with Crippen molar-refractivity contribution < 1.29 is 25.2 Å². The van der Waals surface area contributed by atoms with Gasteiger partial charge in [0.2, 0.25) is 0 Å². The summed E-state index contributed by atoms with van der Waals surface area (Å²) in [6.07, 6.45) is -0.372. The number of carbonyl (C=O) groups is 1. The van der Waals surface area contributed by atoms with E-state index in [9.17, 15) is 20.3 Å². The quantitative estimate of drug-likeness (QED) is 0.622. The van der Waals surface area contributed by atoms with Crippen molar-refractivity contribution in [3.05, 3.63) is 23.8 Å². The van der Waals surface area contributed by atoms with Crippen LogP contribution in [0.15, 0.2) is 23.1 Å². The van der Waals surface area contributed by atoms with Crippen molar-refractivity contribution in [1.82, 2.24) is 5.06 Å². The Morgan fingerprint density at radius 1 is 1.10 bits per heavy atom. The minimum absolute atomic E-state index is 0.0674. The third-order valence-corrected chi connectivity index (χ3v) is 4.23. The van der Waals surface area contributed by atoms with Crippen LogP contribution in [0.5, 0.6) is 0 Å². The van der Waals surface area contributed by atoms with Crippen LogP contribution >= 0.6 is 9.84 Å². The molecule has 122 valence electrons. The molecule has 0 unspecified atom stereocenters. The zero-order valence-corrected chi connectivity index (χ0v) is 13.2. The highest BCUT2D eigenvalue weighted by atomic mass is 32.5. The summed E-state index contributed by atoms with van der Waals surface area (Å²) in [5, 5.41) is 0.765. The average Bonchev–Trinajstić information content (AvgIpc) is 2.33. The van der Waals surface area contributed by atoms with Gasteiger partial charge in [-0.05, 0) is 18.2 Å². The fraction of sp³-hybridized carbons (Fsp3) is 0.417. The van der Waals surface area contributed by atoms with E-state index in [1.807, 2.05) is 0 Å². The van der Waals surface area contributed by atoms with Crippen LogP contribution in [-0.2, 0) is 4.84 Å². The molecule has 1 rings (SSSR count). The highest BCUT2D eigenvalue weighted by Gasteiger charge is 2.59. The van der Waals surface area contributed by atoms with Crippen LogP contribution in [0.25, 0.3) is 0 Å². The Hall–Kier alpha value is -1.48. The van der Waals surface area contributed by atoms with Crippen molar-refractivity contribution in [2.75, 3.05) is 39.4 Å². The molecule has 0 fully saturated rings. The Balaban J connectivity index is 3.57. The standard InChI is InChI=1S/C12H18F4N2O2S/c1-17(2)10-6-9(12(19)18(3)20-4)7-11(8-10)21(5,13,14,15)16/h6-8H,1-5H3. The fourth-order valence-electron chi connectivity index (χ4n) is 1.53. The molecule has 0 saturated carbocycles. The van der Waals surface area contributed by atoms with E-state index in [1.54, 1.807) is 0 Å². The number of rotatable bonds is 4. The molecular weight excluding hydrogens is 312 g/mol. The van der Waals surface area contributed by atoms with Crippen molar-refractivity contribution in [2.24, 2.45) is 0 Å². The number of halogens is 4. The second-order valence-electron chi connectivity index (χ2n) is 5.08. The van der Waals surface area contributed by atoms with Crippen LogP contribution < -0.4 is 4.90 Å². The average molecular weight is 330 g/mol. The lowest BCUT2D eigenvalue weighted by Gasteiger charge is -2.46. The molecule has 0 heterocycles. The summed E-state index contributed by atoms with van der Waals surface area (Å²) in [5.74, 6) is -0.802. The molecule has 0 bridgehead atoms. The first-order chi connectivity index (χ1) is 9.15. The molecule has 1 amide bonds. The van der Waals surface area contributed by atoms with Gasteiger partial charge < -0.3 is 4.90 Å². The summed E-state index contributed by atoms with van der Waals surface area (Å²) >= 11 is 0. The van der Waals surface area contributed by atoms with Gasteiger partial charge in [-0.2, -0.15) is 0 Å². The second-order valence-corrected chi connectivity index (χ2v) is 8.51. The lowest BCUT2D eigenvalue weighted by atomic mass is 10.2. The van der Waals surface area contributed by atoms with Gasteiger partial charge in [0.15, 0.2) is 9.84 Å². The van der Waals surface area contributed by atoms with Crippen LogP contribution in [0, 0.1) is 0 Å². The van der Waals surface area contributed by atoms with Crippen molar-refractivity contribution in [1.29, 1.82) is 0 Å². The first-order valence-electron chi connectivity index (χ1n) is 5.80. The minimum atomic E-state index is -8.39. The molecule has 0 aliphatic carbocycles. The number of carbonyl (C=O) groups excluding carboxylic acids is 1. The fourth-order valence-corrected chi connectivity index (χ4v) is 2.37. The van der Waals surface area contributed by atoms with E-state index >= 15 is 0 Å². The number of hydrogen-bond acceptors (Lipinski definition) is 3. The van der Waals surface area contributed by atoms with E-state index in [0.29, 0.717) is 12.1 Å². The molecule has 0 aliphatic rings. The number of anilines is 1. The SMILES string of the molecule is CON(C)C(=O)c1cc(N(C)C)cc(S(C)(F)(F)(F)F)c1. The lowest BCUT2D eigenvalue weighted by molar-refractivity contribution is -0.0757. The van der Waals surface area contributed by atoms with Crippen LogP contribution in [0.4, 0.5) is 21.2 Å². The van der Waals surface area contributed by atoms with E-state index in [-0.39, 0.29) is 17.5 Å². The molecular formula is C12H18F4N2O2S. The van der Waals surface area contributed by atoms with Crippen LogP contribution in [-0.4, -0.2) is 45.5 Å². The Kier molecular flexibility index (Phi) is 3.77. The molecule has 0 atom stereocenters. The van der Waals surface area contributed by atoms with Crippen LogP contribution in [0.3, 0.4) is 0 Å². The zero-order chi connectivity index (χ0) is 16.7. The maximum absolute atomic E-state index is 13.6. The zero-order valence-electron chi connectivity index (χ0n) is 12.4. The van der Waals surface area contributed by atoms with Crippen molar-refractivity contribution in [3.8, 4) is 0 Å². The van der Waals surface area contributed by atoms with Crippen LogP contribution in [0.1, 0.15) is 10.4 Å². The highest BCUT2D eigenvalue weighted by molar-refractivity contribution is 8.49. The molecule has 0 aliphatic heterocycles. The number of hydroxylamine groups is 2. The summed E-state index contributed by atoms with van der Waals surface area (Å²) in [4.78, 5) is 16.5. The summed E-state index contributed by atoms with van der Waals surface area (Å²) < 4.78 is 54.4. The van der Waals surface area contributed by atoms with Gasteiger partial charge in [0.25, 0.3) is 5.91 Å². The molecule has 4 nitrogen and oxygen atoms in total. The number of benzene rings is 1. The summed E-state index contributed by atoms with van der Waals surface area (Å²) in [5.41, 5.74) is -0.240. The summed E-state index contributed by atoms with van der Waals surface area (Å²) in [7, 11) is -2.94. The Labute approximate surface area is 120 Å². The van der Waals surface area contributed by atoms with Gasteiger partial charge in [-0.25, -0.2) is 5.06 Å². The van der Waals surface area contributed by atoms with Gasteiger partial charge >= 0.3 is 0 Å². The third kappa shape index (κ3) is 4.24. The van der Waals surface area contributed by atoms with Gasteiger partial charge in [-0.1, -0.05) is 0 Å². The highest BCUT2D eigenvalue weighted by Crippen LogP contribution is 2.98. The monoisotopic (exact) mass is 330 g/mol. The Morgan fingerprint density at radius 3 is 2.00 bits per heavy atom. The summed E-state index contributed by atoms with van der Waals surface area (Å²) in [6.45, 7) is 0. The van der Waals surface area contributed by atoms with Gasteiger partial charge in [-0.15, -0.1) is 15.5 Å². The number of amides is 1. The van der Waals surface area contributed by atoms with Crippen LogP contribution in [0.2, 0.25) is 0 Å². The molecule has 0 spiro atoms. The second kappa shape index (κ2) is 4.51.